The average molecular weight is 372 g/mol. The summed E-state index contributed by atoms with van der Waals surface area (Å²) in [4.78, 5) is 10.1. The predicted octanol–water partition coefficient (Wildman–Crippen LogP) is 3.33. The van der Waals surface area contributed by atoms with Gasteiger partial charge in [-0.15, -0.1) is 0 Å². The highest BCUT2D eigenvalue weighted by Gasteiger charge is 2.45. The van der Waals surface area contributed by atoms with Gasteiger partial charge in [0.15, 0.2) is 0 Å². The number of halogens is 3. The number of nitriles is 1. The van der Waals surface area contributed by atoms with Crippen LogP contribution in [0.3, 0.4) is 0 Å². The third-order valence-corrected chi connectivity index (χ3v) is 4.86. The Labute approximate surface area is 152 Å². The molecular weight excluding hydrogens is 357 g/mol. The van der Waals surface area contributed by atoms with Gasteiger partial charge < -0.3 is 4.90 Å². The van der Waals surface area contributed by atoms with Crippen molar-refractivity contribution in [1.82, 2.24) is 19.7 Å². The Balaban J connectivity index is 1.78. The lowest BCUT2D eigenvalue weighted by Gasteiger charge is -2.40. The van der Waals surface area contributed by atoms with Gasteiger partial charge in [-0.3, -0.25) is 14.6 Å². The zero-order valence-electron chi connectivity index (χ0n) is 14.1. The van der Waals surface area contributed by atoms with Crippen LogP contribution in [0, 0.1) is 17.2 Å². The molecule has 0 radical (unpaired) electrons. The van der Waals surface area contributed by atoms with Gasteiger partial charge in [-0.1, -0.05) is 0 Å². The molecule has 3 heterocycles. The van der Waals surface area contributed by atoms with Gasteiger partial charge in [-0.2, -0.15) is 23.5 Å². The van der Waals surface area contributed by atoms with Crippen LogP contribution in [0.4, 0.5) is 18.9 Å². The van der Waals surface area contributed by atoms with Crippen molar-refractivity contribution in [2.75, 3.05) is 18.0 Å². The second-order valence-electron chi connectivity index (χ2n) is 6.52. The molecule has 6 nitrogen and oxygen atoms in total. The first-order valence-corrected chi connectivity index (χ1v) is 8.42. The Hall–Kier alpha value is -3.15. The molecule has 1 aliphatic rings. The number of piperidine rings is 1. The van der Waals surface area contributed by atoms with Crippen LogP contribution < -0.4 is 4.90 Å². The second kappa shape index (κ2) is 6.54. The lowest BCUT2D eigenvalue weighted by Crippen LogP contribution is -2.46. The summed E-state index contributed by atoms with van der Waals surface area (Å²) in [6, 6.07) is 6.56. The lowest BCUT2D eigenvalue weighted by atomic mass is 9.93. The second-order valence-corrected chi connectivity index (χ2v) is 6.52. The zero-order chi connectivity index (χ0) is 19.0. The molecule has 138 valence electrons. The first kappa shape index (κ1) is 17.3. The number of hydrogen-bond donors (Lipinski definition) is 0. The van der Waals surface area contributed by atoms with E-state index >= 15 is 0 Å². The van der Waals surface area contributed by atoms with E-state index in [4.69, 9.17) is 0 Å². The van der Waals surface area contributed by atoms with Crippen LogP contribution in [0.5, 0.6) is 0 Å². The monoisotopic (exact) mass is 372 g/mol. The fourth-order valence-electron chi connectivity index (χ4n) is 3.58. The molecule has 0 spiro atoms. The molecule has 1 fully saturated rings. The Morgan fingerprint density at radius 2 is 1.85 bits per heavy atom. The first-order chi connectivity index (χ1) is 13.0. The van der Waals surface area contributed by atoms with E-state index in [0.717, 1.165) is 0 Å². The highest BCUT2D eigenvalue weighted by molar-refractivity contribution is 5.92. The highest BCUT2D eigenvalue weighted by atomic mass is 19.4. The molecular formula is C18H15F3N6. The van der Waals surface area contributed by atoms with Crippen molar-refractivity contribution in [2.45, 2.75) is 18.6 Å². The quantitative estimate of drug-likeness (QED) is 0.690. The van der Waals surface area contributed by atoms with Crippen LogP contribution in [0.25, 0.3) is 11.0 Å². The third kappa shape index (κ3) is 3.18. The number of benzene rings is 1. The Bertz CT molecular complexity index is 992. The largest absolute Gasteiger partial charge is 0.393 e. The summed E-state index contributed by atoms with van der Waals surface area (Å²) in [5, 5.41) is 13.4. The van der Waals surface area contributed by atoms with Crippen molar-refractivity contribution in [2.24, 2.45) is 5.92 Å². The number of hydrogen-bond acceptors (Lipinski definition) is 5. The van der Waals surface area contributed by atoms with Gasteiger partial charge in [0.05, 0.1) is 23.2 Å². The molecule has 0 N–H and O–H groups in total. The fraction of sp³-hybridized carbons (Fsp3) is 0.333. The topological polar surface area (TPSA) is 70.6 Å². The SMILES string of the molecule is N#Cc1ccc(N2C[C@@H](n3cccn3)C[C@@H](C(F)(F)F)C2)c2nccnc12. The van der Waals surface area contributed by atoms with E-state index in [1.807, 2.05) is 6.07 Å². The summed E-state index contributed by atoms with van der Waals surface area (Å²) in [5.41, 5.74) is 1.71. The van der Waals surface area contributed by atoms with E-state index < -0.39 is 18.1 Å². The van der Waals surface area contributed by atoms with Gasteiger partial charge in [0, 0.05) is 37.9 Å². The van der Waals surface area contributed by atoms with E-state index in [1.165, 1.54) is 12.4 Å². The van der Waals surface area contributed by atoms with Crippen LogP contribution in [0.2, 0.25) is 0 Å². The highest BCUT2D eigenvalue weighted by Crippen LogP contribution is 2.39. The normalized spacial score (nSPS) is 20.6. The third-order valence-electron chi connectivity index (χ3n) is 4.86. The number of nitrogens with zero attached hydrogens (tertiary/aromatic N) is 6. The molecule has 27 heavy (non-hydrogen) atoms. The minimum atomic E-state index is -4.31. The Kier molecular flexibility index (Phi) is 4.18. The predicted molar refractivity (Wildman–Crippen MR) is 91.9 cm³/mol. The van der Waals surface area contributed by atoms with Gasteiger partial charge in [0.1, 0.15) is 17.1 Å². The maximum absolute atomic E-state index is 13.6. The number of rotatable bonds is 2. The van der Waals surface area contributed by atoms with Gasteiger partial charge in [-0.25, -0.2) is 0 Å². The van der Waals surface area contributed by atoms with E-state index in [9.17, 15) is 18.4 Å². The average Bonchev–Trinajstić information content (AvgIpc) is 3.21. The van der Waals surface area contributed by atoms with Crippen LogP contribution in [0.1, 0.15) is 18.0 Å². The molecule has 0 amide bonds. The summed E-state index contributed by atoms with van der Waals surface area (Å²) < 4.78 is 42.2. The van der Waals surface area contributed by atoms with Gasteiger partial charge >= 0.3 is 6.18 Å². The molecule has 4 rings (SSSR count). The molecule has 0 unspecified atom stereocenters. The minimum absolute atomic E-state index is 0.0262. The van der Waals surface area contributed by atoms with Crippen molar-refractivity contribution in [3.63, 3.8) is 0 Å². The number of fused-ring (bicyclic) bond motifs is 1. The fourth-order valence-corrected chi connectivity index (χ4v) is 3.58. The summed E-state index contributed by atoms with van der Waals surface area (Å²) in [6.45, 7) is 0.199. The van der Waals surface area contributed by atoms with E-state index in [2.05, 4.69) is 15.1 Å². The van der Waals surface area contributed by atoms with Crippen LogP contribution in [0.15, 0.2) is 43.0 Å². The van der Waals surface area contributed by atoms with Gasteiger partial charge in [-0.05, 0) is 24.6 Å². The van der Waals surface area contributed by atoms with Crippen LogP contribution in [-0.4, -0.2) is 39.0 Å². The van der Waals surface area contributed by atoms with Gasteiger partial charge in [0.2, 0.25) is 0 Å². The zero-order valence-corrected chi connectivity index (χ0v) is 14.1. The van der Waals surface area contributed by atoms with Crippen LogP contribution in [-0.2, 0) is 0 Å². The first-order valence-electron chi connectivity index (χ1n) is 8.42. The summed E-state index contributed by atoms with van der Waals surface area (Å²) in [7, 11) is 0. The Morgan fingerprint density at radius 1 is 1.07 bits per heavy atom. The standard InChI is InChI=1S/C18H15F3N6/c19-18(20,21)13-8-14(27-7-1-4-25-27)11-26(10-13)15-3-2-12(9-22)16-17(15)24-6-5-23-16/h1-7,13-14H,8,10-11H2/t13-,14+/m1/s1. The molecule has 1 aromatic carbocycles. The van der Waals surface area contributed by atoms with E-state index in [-0.39, 0.29) is 13.0 Å². The lowest BCUT2D eigenvalue weighted by molar-refractivity contribution is -0.179. The molecule has 0 aliphatic carbocycles. The summed E-state index contributed by atoms with van der Waals surface area (Å²) >= 11 is 0. The number of alkyl halides is 3. The maximum atomic E-state index is 13.6. The summed E-state index contributed by atoms with van der Waals surface area (Å²) in [6.07, 6.45) is 1.85. The molecule has 0 saturated carbocycles. The van der Waals surface area contributed by atoms with Crippen molar-refractivity contribution in [1.29, 1.82) is 5.26 Å². The van der Waals surface area contributed by atoms with Gasteiger partial charge in [0.25, 0.3) is 0 Å². The van der Waals surface area contributed by atoms with Crippen molar-refractivity contribution < 1.29 is 13.2 Å². The van der Waals surface area contributed by atoms with Crippen molar-refractivity contribution >= 4 is 16.7 Å². The number of aromatic nitrogens is 4. The Morgan fingerprint density at radius 3 is 2.52 bits per heavy atom. The number of anilines is 1. The van der Waals surface area contributed by atoms with E-state index in [0.29, 0.717) is 28.8 Å². The van der Waals surface area contributed by atoms with Crippen molar-refractivity contribution in [3.05, 3.63) is 48.5 Å². The van der Waals surface area contributed by atoms with Crippen molar-refractivity contribution in [3.8, 4) is 6.07 Å². The molecule has 2 atom stereocenters. The molecule has 0 bridgehead atoms. The molecule has 3 aromatic rings. The molecule has 2 aromatic heterocycles. The molecule has 1 aliphatic heterocycles. The molecule has 1 saturated heterocycles. The maximum Gasteiger partial charge on any atom is 0.393 e. The van der Waals surface area contributed by atoms with E-state index in [1.54, 1.807) is 40.2 Å². The minimum Gasteiger partial charge on any atom is -0.367 e. The van der Waals surface area contributed by atoms with Crippen LogP contribution >= 0.6 is 0 Å². The smallest absolute Gasteiger partial charge is 0.367 e. The summed E-state index contributed by atoms with van der Waals surface area (Å²) in [5.74, 6) is -1.48. The molecule has 9 heteroatoms.